The van der Waals surface area contributed by atoms with Crippen LogP contribution in [0.2, 0.25) is 0 Å². The van der Waals surface area contributed by atoms with Crippen LogP contribution in [0.1, 0.15) is 35.0 Å². The van der Waals surface area contributed by atoms with Gasteiger partial charge in [0.2, 0.25) is 0 Å². The molecule has 0 spiro atoms. The average Bonchev–Trinajstić information content (AvgIpc) is 3.01. The number of methoxy groups -OCH3 is 1. The summed E-state index contributed by atoms with van der Waals surface area (Å²) in [4.78, 5) is 17.7. The summed E-state index contributed by atoms with van der Waals surface area (Å²) in [5, 5.41) is 9.45. The molecule has 0 aliphatic heterocycles. The number of carbonyl (C=O) groups is 1. The first-order chi connectivity index (χ1) is 11.2. The van der Waals surface area contributed by atoms with Gasteiger partial charge >= 0.3 is 12.1 Å². The third-order valence-electron chi connectivity index (χ3n) is 3.48. The molecule has 1 aromatic carbocycles. The fourth-order valence-corrected chi connectivity index (χ4v) is 2.25. The lowest BCUT2D eigenvalue weighted by molar-refractivity contribution is -0.140. The Morgan fingerprint density at radius 3 is 2.67 bits per heavy atom. The lowest BCUT2D eigenvalue weighted by Gasteiger charge is -2.11. The molecule has 2 N–H and O–H groups in total. The highest BCUT2D eigenvalue weighted by Gasteiger charge is 2.34. The number of aliphatic hydroxyl groups is 1. The second-order valence-electron chi connectivity index (χ2n) is 5.38. The Kier molecular flexibility index (Phi) is 5.28. The zero-order valence-corrected chi connectivity index (χ0v) is 13.1. The molecule has 1 heterocycles. The maximum absolute atomic E-state index is 12.7. The number of nitrogens with zero attached hydrogens (tertiary/aromatic N) is 1. The molecule has 0 fully saturated rings. The van der Waals surface area contributed by atoms with E-state index in [4.69, 9.17) is 0 Å². The van der Waals surface area contributed by atoms with Crippen LogP contribution < -0.4 is 0 Å². The summed E-state index contributed by atoms with van der Waals surface area (Å²) in [6.07, 6.45) is -3.56. The Balaban J connectivity index is 2.43. The van der Waals surface area contributed by atoms with Gasteiger partial charge in [-0.25, -0.2) is 9.78 Å². The normalized spacial score (nSPS) is 12.9. The second kappa shape index (κ2) is 7.04. The molecule has 1 atom stereocenters. The van der Waals surface area contributed by atoms with Gasteiger partial charge in [0.05, 0.1) is 18.8 Å². The molecule has 1 unspecified atom stereocenters. The van der Waals surface area contributed by atoms with E-state index in [9.17, 15) is 23.1 Å². The van der Waals surface area contributed by atoms with Crippen LogP contribution >= 0.6 is 0 Å². The number of aromatic amines is 1. The summed E-state index contributed by atoms with van der Waals surface area (Å²) in [7, 11) is 1.24. The van der Waals surface area contributed by atoms with Crippen LogP contribution in [0.5, 0.6) is 0 Å². The van der Waals surface area contributed by atoms with Crippen LogP contribution in [0.3, 0.4) is 0 Å². The molecule has 0 saturated heterocycles. The van der Waals surface area contributed by atoms with E-state index in [1.807, 2.05) is 0 Å². The maximum atomic E-state index is 12.7. The van der Waals surface area contributed by atoms with Gasteiger partial charge in [0.1, 0.15) is 5.82 Å². The molecule has 0 bridgehead atoms. The van der Waals surface area contributed by atoms with Crippen LogP contribution in [-0.4, -0.2) is 34.3 Å². The van der Waals surface area contributed by atoms with Crippen molar-refractivity contribution in [3.63, 3.8) is 0 Å². The number of hydrogen-bond donors (Lipinski definition) is 2. The molecular formula is C16H17F3N2O3. The molecule has 0 aliphatic rings. The maximum Gasteiger partial charge on any atom is 0.434 e. The summed E-state index contributed by atoms with van der Waals surface area (Å²) < 4.78 is 42.8. The topological polar surface area (TPSA) is 75.2 Å². The van der Waals surface area contributed by atoms with Crippen molar-refractivity contribution in [1.82, 2.24) is 9.97 Å². The van der Waals surface area contributed by atoms with E-state index in [1.165, 1.54) is 19.2 Å². The molecular weight excluding hydrogens is 325 g/mol. The van der Waals surface area contributed by atoms with Gasteiger partial charge in [-0.3, -0.25) is 0 Å². The molecule has 8 heteroatoms. The number of hydrogen-bond acceptors (Lipinski definition) is 4. The van der Waals surface area contributed by atoms with Crippen LogP contribution in [-0.2, 0) is 17.3 Å². The van der Waals surface area contributed by atoms with Crippen molar-refractivity contribution in [2.24, 2.45) is 0 Å². The number of carbonyl (C=O) groups excluding carboxylic acids is 1. The molecule has 0 amide bonds. The number of aliphatic hydroxyl groups excluding tert-OH is 1. The number of halogens is 3. The Morgan fingerprint density at radius 2 is 2.12 bits per heavy atom. The number of imidazole rings is 1. The second-order valence-corrected chi connectivity index (χ2v) is 5.38. The van der Waals surface area contributed by atoms with Crippen LogP contribution in [0, 0.1) is 0 Å². The SMILES string of the molecule is COC(=O)c1ccc(-c2nc(C(F)(F)F)c[nH]2)c(CCC(C)O)c1. The van der Waals surface area contributed by atoms with Crippen molar-refractivity contribution in [3.05, 3.63) is 41.2 Å². The number of benzene rings is 1. The number of H-pyrrole nitrogens is 1. The van der Waals surface area contributed by atoms with E-state index in [1.54, 1.807) is 13.0 Å². The number of alkyl halides is 3. The van der Waals surface area contributed by atoms with E-state index in [2.05, 4.69) is 14.7 Å². The van der Waals surface area contributed by atoms with E-state index >= 15 is 0 Å². The molecule has 0 radical (unpaired) electrons. The molecule has 2 rings (SSSR count). The van der Waals surface area contributed by atoms with Gasteiger partial charge in [-0.15, -0.1) is 0 Å². The molecule has 24 heavy (non-hydrogen) atoms. The van der Waals surface area contributed by atoms with Crippen LogP contribution in [0.25, 0.3) is 11.4 Å². The Labute approximate surface area is 136 Å². The van der Waals surface area contributed by atoms with E-state index in [-0.39, 0.29) is 11.4 Å². The quantitative estimate of drug-likeness (QED) is 0.818. The number of nitrogens with one attached hydrogen (secondary N) is 1. The fraction of sp³-hybridized carbons (Fsp3) is 0.375. The first kappa shape index (κ1) is 18.0. The van der Waals surface area contributed by atoms with Crippen molar-refractivity contribution < 1.29 is 27.8 Å². The first-order valence-corrected chi connectivity index (χ1v) is 7.24. The van der Waals surface area contributed by atoms with E-state index in [0.717, 1.165) is 6.20 Å². The molecule has 1 aromatic heterocycles. The lowest BCUT2D eigenvalue weighted by Crippen LogP contribution is -2.07. The van der Waals surface area contributed by atoms with Gasteiger partial charge in [-0.2, -0.15) is 13.2 Å². The van der Waals surface area contributed by atoms with Crippen molar-refractivity contribution in [2.75, 3.05) is 7.11 Å². The number of ether oxygens (including phenoxy) is 1. The average molecular weight is 342 g/mol. The zero-order chi connectivity index (χ0) is 17.9. The predicted molar refractivity (Wildman–Crippen MR) is 80.4 cm³/mol. The largest absolute Gasteiger partial charge is 0.465 e. The van der Waals surface area contributed by atoms with Gasteiger partial charge < -0.3 is 14.8 Å². The summed E-state index contributed by atoms with van der Waals surface area (Å²) in [5.41, 5.74) is 0.307. The van der Waals surface area contributed by atoms with Gasteiger partial charge in [0, 0.05) is 11.8 Å². The fourth-order valence-electron chi connectivity index (χ4n) is 2.25. The van der Waals surface area contributed by atoms with Crippen molar-refractivity contribution in [3.8, 4) is 11.4 Å². The van der Waals surface area contributed by atoms with Crippen LogP contribution in [0.4, 0.5) is 13.2 Å². The lowest BCUT2D eigenvalue weighted by atomic mass is 9.98. The minimum absolute atomic E-state index is 0.0549. The molecule has 2 aromatic rings. The number of aromatic nitrogens is 2. The Bertz CT molecular complexity index is 724. The minimum atomic E-state index is -4.54. The summed E-state index contributed by atoms with van der Waals surface area (Å²) in [6, 6.07) is 4.52. The highest BCUT2D eigenvalue weighted by atomic mass is 19.4. The number of rotatable bonds is 5. The van der Waals surface area contributed by atoms with Crippen LogP contribution in [0.15, 0.2) is 24.4 Å². The third-order valence-corrected chi connectivity index (χ3v) is 3.48. The van der Waals surface area contributed by atoms with Gasteiger partial charge in [0.25, 0.3) is 0 Å². The first-order valence-electron chi connectivity index (χ1n) is 7.24. The van der Waals surface area contributed by atoms with Crippen molar-refractivity contribution in [2.45, 2.75) is 32.0 Å². The summed E-state index contributed by atoms with van der Waals surface area (Å²) in [5.74, 6) is -0.491. The van der Waals surface area contributed by atoms with Crippen molar-refractivity contribution >= 4 is 5.97 Å². The Morgan fingerprint density at radius 1 is 1.42 bits per heavy atom. The predicted octanol–water partition coefficient (Wildman–Crippen LogP) is 3.20. The highest BCUT2D eigenvalue weighted by Crippen LogP contribution is 2.31. The smallest absolute Gasteiger partial charge is 0.434 e. The summed E-state index contributed by atoms with van der Waals surface area (Å²) in [6.45, 7) is 1.61. The third kappa shape index (κ3) is 4.14. The highest BCUT2D eigenvalue weighted by molar-refractivity contribution is 5.90. The monoisotopic (exact) mass is 342 g/mol. The minimum Gasteiger partial charge on any atom is -0.465 e. The van der Waals surface area contributed by atoms with Crippen molar-refractivity contribution in [1.29, 1.82) is 0 Å². The number of aryl methyl sites for hydroxylation is 1. The van der Waals surface area contributed by atoms with Gasteiger partial charge in [0.15, 0.2) is 5.69 Å². The van der Waals surface area contributed by atoms with E-state index in [0.29, 0.717) is 24.0 Å². The zero-order valence-electron chi connectivity index (χ0n) is 13.1. The van der Waals surface area contributed by atoms with E-state index < -0.39 is 23.9 Å². The number of esters is 1. The molecule has 0 saturated carbocycles. The molecule has 5 nitrogen and oxygen atoms in total. The standard InChI is InChI=1S/C16H17F3N2O3/c1-9(22)3-4-10-7-11(15(23)24-2)5-6-12(10)14-20-8-13(21-14)16(17,18)19/h5-9,22H,3-4H2,1-2H3,(H,20,21). The summed E-state index contributed by atoms with van der Waals surface area (Å²) >= 11 is 0. The van der Waals surface area contributed by atoms with Gasteiger partial charge in [-0.1, -0.05) is 6.07 Å². The molecule has 0 aliphatic carbocycles. The Hall–Kier alpha value is -2.35. The van der Waals surface area contributed by atoms with Gasteiger partial charge in [-0.05, 0) is 37.5 Å². The molecule has 130 valence electrons.